The number of fused-ring (bicyclic) bond motifs is 9. The van der Waals surface area contributed by atoms with Crippen LogP contribution in [-0.2, 0) is 0 Å². The van der Waals surface area contributed by atoms with Crippen LogP contribution in [0.1, 0.15) is 0 Å². The lowest BCUT2D eigenvalue weighted by atomic mass is 10.0. The van der Waals surface area contributed by atoms with Crippen molar-refractivity contribution in [3.63, 3.8) is 0 Å². The second-order valence-electron chi connectivity index (χ2n) is 18.1. The molecule has 0 spiro atoms. The second kappa shape index (κ2) is 15.7. The van der Waals surface area contributed by atoms with Gasteiger partial charge < -0.3 is 13.7 Å². The molecule has 3 heterocycles. The van der Waals surface area contributed by atoms with Gasteiger partial charge in [-0.15, -0.1) is 0 Å². The SMILES string of the molecule is c1ccc(-c2ccc(-n3c4ccccc4c4cc(-c5ccc(-n6c7ccccc7c7cc(-c8ccc9c(c8)c8ccccc8n9-c8ccc(-c9ccccc9)cc8)ccc76)cc5)ccc43)cc2)cc1. The number of aromatic nitrogens is 3. The topological polar surface area (TPSA) is 14.8 Å². The van der Waals surface area contributed by atoms with Gasteiger partial charge in [0.1, 0.15) is 0 Å². The van der Waals surface area contributed by atoms with Crippen LogP contribution in [0.15, 0.2) is 261 Å². The van der Waals surface area contributed by atoms with Gasteiger partial charge in [-0.2, -0.15) is 0 Å². The van der Waals surface area contributed by atoms with Crippen LogP contribution < -0.4 is 0 Å². The number of nitrogens with zero attached hydrogens (tertiary/aromatic N) is 3. The molecule has 11 aromatic carbocycles. The van der Waals surface area contributed by atoms with E-state index in [1.165, 1.54) is 110 Å². The van der Waals surface area contributed by atoms with Crippen molar-refractivity contribution in [3.8, 4) is 61.6 Å². The smallest absolute Gasteiger partial charge is 0.0541 e. The molecule has 0 unspecified atom stereocenters. The van der Waals surface area contributed by atoms with E-state index in [-0.39, 0.29) is 0 Å². The van der Waals surface area contributed by atoms with Crippen LogP contribution in [0.4, 0.5) is 0 Å². The summed E-state index contributed by atoms with van der Waals surface area (Å²) in [5.74, 6) is 0. The molecule has 322 valence electrons. The molecule has 0 aliphatic heterocycles. The number of hydrogen-bond acceptors (Lipinski definition) is 0. The molecule has 0 bridgehead atoms. The Morgan fingerprint density at radius 2 is 0.391 bits per heavy atom. The number of hydrogen-bond donors (Lipinski definition) is 0. The fraction of sp³-hybridized carbons (Fsp3) is 0. The summed E-state index contributed by atoms with van der Waals surface area (Å²) in [5, 5.41) is 7.47. The Morgan fingerprint density at radius 1 is 0.159 bits per heavy atom. The van der Waals surface area contributed by atoms with Crippen LogP contribution in [0.3, 0.4) is 0 Å². The lowest BCUT2D eigenvalue weighted by Crippen LogP contribution is -1.94. The van der Waals surface area contributed by atoms with E-state index in [9.17, 15) is 0 Å². The van der Waals surface area contributed by atoms with Crippen LogP contribution in [0.5, 0.6) is 0 Å². The molecule has 0 N–H and O–H groups in total. The Morgan fingerprint density at radius 3 is 0.725 bits per heavy atom. The van der Waals surface area contributed by atoms with Gasteiger partial charge in [0.2, 0.25) is 0 Å². The quantitative estimate of drug-likeness (QED) is 0.152. The predicted molar refractivity (Wildman–Crippen MR) is 291 cm³/mol. The van der Waals surface area contributed by atoms with Gasteiger partial charge >= 0.3 is 0 Å². The van der Waals surface area contributed by atoms with Crippen molar-refractivity contribution in [3.05, 3.63) is 261 Å². The average Bonchev–Trinajstić information content (AvgIpc) is 4.06. The minimum atomic E-state index is 1.14. The summed E-state index contributed by atoms with van der Waals surface area (Å²) in [6.45, 7) is 0. The van der Waals surface area contributed by atoms with Gasteiger partial charge in [0.15, 0.2) is 0 Å². The summed E-state index contributed by atoms with van der Waals surface area (Å²) in [7, 11) is 0. The highest BCUT2D eigenvalue weighted by atomic mass is 15.0. The molecule has 0 aliphatic carbocycles. The van der Waals surface area contributed by atoms with Gasteiger partial charge in [-0.1, -0.05) is 170 Å². The number of rotatable bonds is 7. The van der Waals surface area contributed by atoms with Crippen LogP contribution in [0, 0.1) is 0 Å². The maximum Gasteiger partial charge on any atom is 0.0541 e. The highest BCUT2D eigenvalue weighted by molar-refractivity contribution is 6.13. The Hall–Kier alpha value is -9.18. The molecule has 0 atom stereocenters. The number of benzene rings is 11. The van der Waals surface area contributed by atoms with Gasteiger partial charge in [-0.05, 0) is 136 Å². The van der Waals surface area contributed by atoms with E-state index in [2.05, 4.69) is 275 Å². The van der Waals surface area contributed by atoms with E-state index in [1.807, 2.05) is 0 Å². The molecule has 69 heavy (non-hydrogen) atoms. The maximum atomic E-state index is 2.41. The first-order valence-corrected chi connectivity index (χ1v) is 23.7. The molecule has 14 aromatic rings. The molecule has 3 nitrogen and oxygen atoms in total. The molecule has 0 fully saturated rings. The first kappa shape index (κ1) is 39.0. The maximum absolute atomic E-state index is 2.41. The van der Waals surface area contributed by atoms with Gasteiger partial charge in [-0.3, -0.25) is 0 Å². The lowest BCUT2D eigenvalue weighted by Gasteiger charge is -2.11. The monoisotopic (exact) mass is 877 g/mol. The first-order valence-electron chi connectivity index (χ1n) is 23.7. The van der Waals surface area contributed by atoms with Gasteiger partial charge in [0.25, 0.3) is 0 Å². The molecule has 0 radical (unpaired) electrons. The fourth-order valence-electron chi connectivity index (χ4n) is 11.0. The third-order valence-corrected chi connectivity index (χ3v) is 14.3. The molecular weight excluding hydrogens is 835 g/mol. The van der Waals surface area contributed by atoms with Crippen LogP contribution in [-0.4, -0.2) is 13.7 Å². The molecule has 3 aromatic heterocycles. The van der Waals surface area contributed by atoms with Crippen molar-refractivity contribution in [2.75, 3.05) is 0 Å². The normalized spacial score (nSPS) is 11.8. The molecular formula is C66H43N3. The molecule has 14 rings (SSSR count). The van der Waals surface area contributed by atoms with Crippen molar-refractivity contribution in [1.82, 2.24) is 13.7 Å². The van der Waals surface area contributed by atoms with Crippen LogP contribution in [0.25, 0.3) is 127 Å². The van der Waals surface area contributed by atoms with Crippen molar-refractivity contribution in [1.29, 1.82) is 0 Å². The molecule has 0 saturated carbocycles. The highest BCUT2D eigenvalue weighted by Gasteiger charge is 2.18. The minimum Gasteiger partial charge on any atom is -0.309 e. The van der Waals surface area contributed by atoms with E-state index in [0.717, 1.165) is 17.1 Å². The zero-order valence-electron chi connectivity index (χ0n) is 37.7. The van der Waals surface area contributed by atoms with Crippen LogP contribution >= 0.6 is 0 Å². The standard InChI is InChI=1S/C66H43N3/c1-3-13-44(14-4-1)46-23-32-52(33-24-46)67-61-20-10-7-17-55(61)58-41-49(29-38-64(58)67)48-27-36-54(37-28-48)69-63-22-12-9-19-57(63)60-43-51(31-40-66(60)69)50-30-39-65-59(42-50)56-18-8-11-21-62(56)68(65)53-34-25-47(26-35-53)45-15-5-2-6-16-45/h1-43H. The van der Waals surface area contributed by atoms with Crippen LogP contribution in [0.2, 0.25) is 0 Å². The van der Waals surface area contributed by atoms with E-state index in [4.69, 9.17) is 0 Å². The Labute approximate surface area is 399 Å². The van der Waals surface area contributed by atoms with E-state index in [1.54, 1.807) is 0 Å². The highest BCUT2D eigenvalue weighted by Crippen LogP contribution is 2.40. The van der Waals surface area contributed by atoms with Gasteiger partial charge in [0.05, 0.1) is 33.1 Å². The zero-order valence-corrected chi connectivity index (χ0v) is 37.7. The summed E-state index contributed by atoms with van der Waals surface area (Å²) >= 11 is 0. The summed E-state index contributed by atoms with van der Waals surface area (Å²) in [6.07, 6.45) is 0. The largest absolute Gasteiger partial charge is 0.309 e. The molecule has 0 aliphatic rings. The Balaban J connectivity index is 0.811. The first-order chi connectivity index (χ1) is 34.2. The predicted octanol–water partition coefficient (Wildman–Crippen LogP) is 17.6. The van der Waals surface area contributed by atoms with Gasteiger partial charge in [-0.25, -0.2) is 0 Å². The van der Waals surface area contributed by atoms with Crippen molar-refractivity contribution in [2.45, 2.75) is 0 Å². The zero-order chi connectivity index (χ0) is 45.4. The summed E-state index contributed by atoms with van der Waals surface area (Å²) < 4.78 is 7.21. The molecule has 0 amide bonds. The lowest BCUT2D eigenvalue weighted by molar-refractivity contribution is 1.18. The van der Waals surface area contributed by atoms with E-state index in [0.29, 0.717) is 0 Å². The summed E-state index contributed by atoms with van der Waals surface area (Å²) in [4.78, 5) is 0. The molecule has 3 heteroatoms. The fourth-order valence-corrected chi connectivity index (χ4v) is 11.0. The van der Waals surface area contributed by atoms with Crippen molar-refractivity contribution >= 4 is 65.4 Å². The second-order valence-corrected chi connectivity index (χ2v) is 18.1. The summed E-state index contributed by atoms with van der Waals surface area (Å²) in [6, 6.07) is 95.3. The number of para-hydroxylation sites is 3. The van der Waals surface area contributed by atoms with E-state index < -0.39 is 0 Å². The van der Waals surface area contributed by atoms with E-state index >= 15 is 0 Å². The third kappa shape index (κ3) is 6.36. The minimum absolute atomic E-state index is 1.14. The van der Waals surface area contributed by atoms with Crippen molar-refractivity contribution in [2.24, 2.45) is 0 Å². The average molecular weight is 878 g/mol. The Bertz CT molecular complexity index is 4250. The van der Waals surface area contributed by atoms with Crippen molar-refractivity contribution < 1.29 is 0 Å². The third-order valence-electron chi connectivity index (χ3n) is 14.3. The van der Waals surface area contributed by atoms with Gasteiger partial charge in [0, 0.05) is 49.4 Å². The summed E-state index contributed by atoms with van der Waals surface area (Å²) in [5.41, 5.74) is 20.3. The Kier molecular flexibility index (Phi) is 8.90. The molecule has 0 saturated heterocycles.